The molecule has 0 aliphatic carbocycles. The summed E-state index contributed by atoms with van der Waals surface area (Å²) < 4.78 is 0.655. The summed E-state index contributed by atoms with van der Waals surface area (Å²) in [6.07, 6.45) is 0.750. The van der Waals surface area contributed by atoms with Gasteiger partial charge in [-0.1, -0.05) is 30.3 Å². The van der Waals surface area contributed by atoms with Crippen LogP contribution >= 0.6 is 11.3 Å². The third-order valence-corrected chi connectivity index (χ3v) is 4.71. The molecule has 1 aromatic carbocycles. The molecule has 6 nitrogen and oxygen atoms in total. The van der Waals surface area contributed by atoms with Gasteiger partial charge in [-0.05, 0) is 12.1 Å². The maximum Gasteiger partial charge on any atom is 0.252 e. The normalized spacial score (nSPS) is 10.4. The van der Waals surface area contributed by atoms with E-state index in [0.29, 0.717) is 10.2 Å². The molecule has 0 unspecified atom stereocenters. The van der Waals surface area contributed by atoms with E-state index in [4.69, 9.17) is 0 Å². The molecule has 0 fully saturated rings. The van der Waals surface area contributed by atoms with Crippen molar-refractivity contribution in [3.8, 4) is 17.0 Å². The van der Waals surface area contributed by atoms with Crippen molar-refractivity contribution < 1.29 is 9.90 Å². The molecule has 0 spiro atoms. The minimum Gasteiger partial charge on any atom is -0.506 e. The van der Waals surface area contributed by atoms with Crippen LogP contribution in [0.3, 0.4) is 0 Å². The number of aromatic nitrogens is 2. The highest BCUT2D eigenvalue weighted by atomic mass is 32.1. The number of thiophene rings is 1. The number of rotatable bonds is 2. The van der Waals surface area contributed by atoms with Gasteiger partial charge in [0.15, 0.2) is 0 Å². The molecule has 0 aliphatic rings. The maximum atomic E-state index is 11.5. The fourth-order valence-electron chi connectivity index (χ4n) is 2.40. The number of aromatic amines is 1. The number of benzene rings is 1. The van der Waals surface area contributed by atoms with Crippen molar-refractivity contribution in [1.82, 2.24) is 14.9 Å². The topological polar surface area (TPSA) is 86.3 Å². The van der Waals surface area contributed by atoms with Crippen LogP contribution in [0, 0.1) is 0 Å². The zero-order valence-electron chi connectivity index (χ0n) is 14.3. The molecule has 0 radical (unpaired) electrons. The molecule has 0 atom stereocenters. The zero-order chi connectivity index (χ0) is 18.7. The van der Waals surface area contributed by atoms with E-state index in [1.165, 1.54) is 22.3 Å². The third-order valence-electron chi connectivity index (χ3n) is 3.58. The Morgan fingerprint density at radius 2 is 1.85 bits per heavy atom. The second-order valence-corrected chi connectivity index (χ2v) is 6.81. The van der Waals surface area contributed by atoms with Gasteiger partial charge in [-0.15, -0.1) is 11.3 Å². The van der Waals surface area contributed by atoms with Gasteiger partial charge < -0.3 is 15.0 Å². The monoisotopic (exact) mass is 367 g/mol. The standard InChI is InChI=1S/C16H10N2O2S.C3H7NO/c19-12-8-13(20)18-14-10-6-7-11(9-4-2-1-3-5-9)17-16(10)21-15(12)14;1-4(2)3-5/h1-8H,(H2,18,19,20);3H,1-2H3. The lowest BCUT2D eigenvalue weighted by atomic mass is 10.1. The van der Waals surface area contributed by atoms with E-state index in [9.17, 15) is 14.7 Å². The van der Waals surface area contributed by atoms with Crippen LogP contribution in [-0.2, 0) is 4.79 Å². The van der Waals surface area contributed by atoms with Gasteiger partial charge in [-0.25, -0.2) is 4.98 Å². The number of nitrogens with zero attached hydrogens (tertiary/aromatic N) is 2. The van der Waals surface area contributed by atoms with Gasteiger partial charge in [0.1, 0.15) is 10.6 Å². The van der Waals surface area contributed by atoms with Crippen molar-refractivity contribution in [2.24, 2.45) is 0 Å². The van der Waals surface area contributed by atoms with Crippen LogP contribution in [0.15, 0.2) is 53.3 Å². The first-order chi connectivity index (χ1) is 12.5. The molecule has 4 rings (SSSR count). The predicted octanol–water partition coefficient (Wildman–Crippen LogP) is 3.21. The lowest BCUT2D eigenvalue weighted by Crippen LogP contribution is -2.06. The molecule has 0 saturated heterocycles. The van der Waals surface area contributed by atoms with Crippen LogP contribution in [0.25, 0.3) is 31.7 Å². The number of hydrogen-bond donors (Lipinski definition) is 2. The highest BCUT2D eigenvalue weighted by Crippen LogP contribution is 2.36. The zero-order valence-corrected chi connectivity index (χ0v) is 15.1. The molecule has 2 N–H and O–H groups in total. The van der Waals surface area contributed by atoms with Crippen molar-refractivity contribution in [3.05, 3.63) is 58.9 Å². The van der Waals surface area contributed by atoms with Gasteiger partial charge >= 0.3 is 0 Å². The second kappa shape index (κ2) is 7.37. The number of carbonyl (C=O) groups excluding carboxylic acids is 1. The lowest BCUT2D eigenvalue weighted by Gasteiger charge is -2.00. The molecule has 1 amide bonds. The summed E-state index contributed by atoms with van der Waals surface area (Å²) in [4.78, 5) is 30.6. The fraction of sp³-hybridized carbons (Fsp3) is 0.105. The van der Waals surface area contributed by atoms with Gasteiger partial charge in [-0.2, -0.15) is 0 Å². The van der Waals surface area contributed by atoms with E-state index in [2.05, 4.69) is 9.97 Å². The van der Waals surface area contributed by atoms with Crippen LogP contribution in [-0.4, -0.2) is 40.5 Å². The first-order valence-corrected chi connectivity index (χ1v) is 8.64. The number of H-pyrrole nitrogens is 1. The van der Waals surface area contributed by atoms with E-state index in [0.717, 1.165) is 27.9 Å². The Hall–Kier alpha value is -3.19. The summed E-state index contributed by atoms with van der Waals surface area (Å²) >= 11 is 1.37. The summed E-state index contributed by atoms with van der Waals surface area (Å²) in [6.45, 7) is 0. The molecule has 0 aliphatic heterocycles. The Morgan fingerprint density at radius 1 is 1.15 bits per heavy atom. The Kier molecular flexibility index (Phi) is 4.99. The molecule has 26 heavy (non-hydrogen) atoms. The Balaban J connectivity index is 0.000000349. The summed E-state index contributed by atoms with van der Waals surface area (Å²) in [5, 5.41) is 10.8. The molecule has 3 heterocycles. The fourth-order valence-corrected chi connectivity index (χ4v) is 3.45. The van der Waals surface area contributed by atoms with Crippen LogP contribution in [0.5, 0.6) is 5.75 Å². The quantitative estimate of drug-likeness (QED) is 0.533. The van der Waals surface area contributed by atoms with E-state index in [-0.39, 0.29) is 11.3 Å². The Bertz CT molecular complexity index is 1120. The molecular weight excluding hydrogens is 350 g/mol. The van der Waals surface area contributed by atoms with Crippen molar-refractivity contribution in [3.63, 3.8) is 0 Å². The molecule has 0 saturated carbocycles. The minimum atomic E-state index is -0.313. The van der Waals surface area contributed by atoms with Crippen molar-refractivity contribution in [1.29, 1.82) is 0 Å². The number of hydrogen-bond acceptors (Lipinski definition) is 5. The highest BCUT2D eigenvalue weighted by molar-refractivity contribution is 7.25. The largest absolute Gasteiger partial charge is 0.506 e. The average Bonchev–Trinajstić information content (AvgIpc) is 3.01. The van der Waals surface area contributed by atoms with Gasteiger partial charge in [-0.3, -0.25) is 9.59 Å². The van der Waals surface area contributed by atoms with Crippen LogP contribution < -0.4 is 5.56 Å². The molecule has 3 aromatic heterocycles. The summed E-state index contributed by atoms with van der Waals surface area (Å²) in [7, 11) is 3.38. The third kappa shape index (κ3) is 3.57. The summed E-state index contributed by atoms with van der Waals surface area (Å²) in [5.74, 6) is -0.00184. The van der Waals surface area contributed by atoms with E-state index in [1.54, 1.807) is 14.1 Å². The average molecular weight is 367 g/mol. The number of aromatic hydroxyl groups is 1. The maximum absolute atomic E-state index is 11.5. The number of amides is 1. The predicted molar refractivity (Wildman–Crippen MR) is 105 cm³/mol. The highest BCUT2D eigenvalue weighted by Gasteiger charge is 2.12. The minimum absolute atomic E-state index is 0.00184. The lowest BCUT2D eigenvalue weighted by molar-refractivity contribution is -0.115. The van der Waals surface area contributed by atoms with Gasteiger partial charge in [0.2, 0.25) is 6.41 Å². The van der Waals surface area contributed by atoms with Crippen LogP contribution in [0.4, 0.5) is 0 Å². The van der Waals surface area contributed by atoms with E-state index >= 15 is 0 Å². The van der Waals surface area contributed by atoms with Crippen LogP contribution in [0.1, 0.15) is 0 Å². The van der Waals surface area contributed by atoms with Crippen molar-refractivity contribution in [2.75, 3.05) is 14.1 Å². The number of carbonyl (C=O) groups is 1. The Labute approximate surface area is 153 Å². The number of nitrogens with one attached hydrogen (secondary N) is 1. The van der Waals surface area contributed by atoms with E-state index in [1.807, 2.05) is 42.5 Å². The SMILES string of the molecule is CN(C)C=O.O=c1cc(O)c2sc3nc(-c4ccccc4)ccc3c2[nH]1. The summed E-state index contributed by atoms with van der Waals surface area (Å²) in [6, 6.07) is 14.9. The van der Waals surface area contributed by atoms with Crippen LogP contribution in [0.2, 0.25) is 0 Å². The van der Waals surface area contributed by atoms with Crippen molar-refractivity contribution >= 4 is 38.2 Å². The van der Waals surface area contributed by atoms with Gasteiger partial charge in [0.25, 0.3) is 5.56 Å². The molecular formula is C19H17N3O3S. The number of pyridine rings is 2. The van der Waals surface area contributed by atoms with Crippen molar-refractivity contribution in [2.45, 2.75) is 0 Å². The Morgan fingerprint density at radius 3 is 2.50 bits per heavy atom. The molecule has 132 valence electrons. The summed E-state index contributed by atoms with van der Waals surface area (Å²) in [5.41, 5.74) is 2.24. The first kappa shape index (κ1) is 17.6. The second-order valence-electron chi connectivity index (χ2n) is 5.81. The molecule has 4 aromatic rings. The number of fused-ring (bicyclic) bond motifs is 3. The smallest absolute Gasteiger partial charge is 0.252 e. The molecule has 0 bridgehead atoms. The molecule has 7 heteroatoms. The van der Waals surface area contributed by atoms with Gasteiger partial charge in [0.05, 0.1) is 15.9 Å². The van der Waals surface area contributed by atoms with Gasteiger partial charge in [0, 0.05) is 31.1 Å². The first-order valence-electron chi connectivity index (χ1n) is 7.82. The van der Waals surface area contributed by atoms with E-state index < -0.39 is 0 Å².